The van der Waals surface area contributed by atoms with Crippen LogP contribution in [0.1, 0.15) is 42.1 Å². The molecule has 1 aromatic carbocycles. The van der Waals surface area contributed by atoms with Gasteiger partial charge in [0.05, 0.1) is 0 Å². The second kappa shape index (κ2) is 9.24. The number of nitrogens with one attached hydrogen (secondary N) is 2. The Bertz CT molecular complexity index is 711. The van der Waals surface area contributed by atoms with Gasteiger partial charge in [-0.05, 0) is 37.1 Å². The van der Waals surface area contributed by atoms with E-state index in [1.165, 1.54) is 11.3 Å². The van der Waals surface area contributed by atoms with Crippen molar-refractivity contribution in [3.8, 4) is 0 Å². The lowest BCUT2D eigenvalue weighted by atomic mass is 10.0. The Kier molecular flexibility index (Phi) is 7.03. The van der Waals surface area contributed by atoms with Crippen LogP contribution in [0.4, 0.5) is 10.8 Å². The zero-order valence-corrected chi connectivity index (χ0v) is 15.4. The smallest absolute Gasteiger partial charge is 0.257 e. The summed E-state index contributed by atoms with van der Waals surface area (Å²) in [6, 6.07) is 6.75. The van der Waals surface area contributed by atoms with Gasteiger partial charge in [-0.2, -0.15) is 0 Å². The van der Waals surface area contributed by atoms with E-state index in [-0.39, 0.29) is 17.7 Å². The average Bonchev–Trinajstić information content (AvgIpc) is 3.04. The molecule has 0 aliphatic rings. The quantitative estimate of drug-likeness (QED) is 0.751. The standard InChI is InChI=1S/C17H22N4O3S/c1-4-11(5-2)15(22)18-13-8-6-12(7-9-13)16(23)19-17-21-20-14(25-17)10-24-3/h6-9,11H,4-5,10H2,1-3H3,(H,18,22)(H,19,21,23). The normalized spacial score (nSPS) is 10.7. The van der Waals surface area contributed by atoms with Gasteiger partial charge in [-0.25, -0.2) is 0 Å². The van der Waals surface area contributed by atoms with E-state index in [9.17, 15) is 9.59 Å². The van der Waals surface area contributed by atoms with Gasteiger partial charge in [-0.3, -0.25) is 14.9 Å². The third-order valence-corrected chi connectivity index (χ3v) is 4.54. The van der Waals surface area contributed by atoms with Crippen LogP contribution >= 0.6 is 11.3 Å². The first-order valence-electron chi connectivity index (χ1n) is 8.10. The number of hydrogen-bond acceptors (Lipinski definition) is 6. The molecule has 0 fully saturated rings. The highest BCUT2D eigenvalue weighted by Crippen LogP contribution is 2.18. The Hall–Kier alpha value is -2.32. The Labute approximate surface area is 150 Å². The molecule has 0 aliphatic heterocycles. The number of carbonyl (C=O) groups excluding carboxylic acids is 2. The Morgan fingerprint density at radius 2 is 1.80 bits per heavy atom. The summed E-state index contributed by atoms with van der Waals surface area (Å²) in [5, 5.41) is 14.5. The maximum absolute atomic E-state index is 12.2. The largest absolute Gasteiger partial charge is 0.377 e. The highest BCUT2D eigenvalue weighted by Gasteiger charge is 2.15. The summed E-state index contributed by atoms with van der Waals surface area (Å²) in [4.78, 5) is 24.3. The minimum atomic E-state index is -0.280. The predicted molar refractivity (Wildman–Crippen MR) is 97.7 cm³/mol. The molecule has 0 aliphatic carbocycles. The highest BCUT2D eigenvalue weighted by atomic mass is 32.1. The van der Waals surface area contributed by atoms with Crippen LogP contribution in [0.5, 0.6) is 0 Å². The first-order chi connectivity index (χ1) is 12.1. The van der Waals surface area contributed by atoms with E-state index in [0.29, 0.717) is 28.0 Å². The summed E-state index contributed by atoms with van der Waals surface area (Å²) in [5.74, 6) is -0.276. The first kappa shape index (κ1) is 19.0. The zero-order valence-electron chi connectivity index (χ0n) is 14.5. The Morgan fingerprint density at radius 3 is 2.40 bits per heavy atom. The molecule has 2 amide bonds. The summed E-state index contributed by atoms with van der Waals surface area (Å²) in [6.45, 7) is 4.35. The van der Waals surface area contributed by atoms with Gasteiger partial charge in [0.15, 0.2) is 0 Å². The minimum absolute atomic E-state index is 0.00155. The predicted octanol–water partition coefficient (Wildman–Crippen LogP) is 3.31. The summed E-state index contributed by atoms with van der Waals surface area (Å²) in [7, 11) is 1.57. The molecule has 0 bridgehead atoms. The number of amides is 2. The second-order valence-corrected chi connectivity index (χ2v) is 6.53. The summed E-state index contributed by atoms with van der Waals surface area (Å²) < 4.78 is 4.97. The average molecular weight is 362 g/mol. The van der Waals surface area contributed by atoms with Crippen molar-refractivity contribution in [1.82, 2.24) is 10.2 Å². The molecule has 2 N–H and O–H groups in total. The fourth-order valence-corrected chi connectivity index (χ4v) is 2.97. The van der Waals surface area contributed by atoms with Gasteiger partial charge in [-0.15, -0.1) is 10.2 Å². The molecule has 0 unspecified atom stereocenters. The SMILES string of the molecule is CCC(CC)C(=O)Nc1ccc(C(=O)Nc2nnc(COC)s2)cc1. The van der Waals surface area contributed by atoms with E-state index in [1.807, 2.05) is 13.8 Å². The van der Waals surface area contributed by atoms with Gasteiger partial charge in [0.25, 0.3) is 5.91 Å². The molecule has 0 saturated carbocycles. The van der Waals surface area contributed by atoms with Gasteiger partial charge in [0.2, 0.25) is 11.0 Å². The van der Waals surface area contributed by atoms with Gasteiger partial charge < -0.3 is 10.1 Å². The number of hydrogen-bond donors (Lipinski definition) is 2. The molecule has 0 radical (unpaired) electrons. The summed E-state index contributed by atoms with van der Waals surface area (Å²) in [6.07, 6.45) is 1.60. The van der Waals surface area contributed by atoms with Gasteiger partial charge in [-0.1, -0.05) is 25.2 Å². The number of anilines is 2. The van der Waals surface area contributed by atoms with E-state index in [0.717, 1.165) is 12.8 Å². The fraction of sp³-hybridized carbons (Fsp3) is 0.412. The van der Waals surface area contributed by atoms with Gasteiger partial charge in [0.1, 0.15) is 11.6 Å². The number of rotatable bonds is 8. The number of methoxy groups -OCH3 is 1. The van der Waals surface area contributed by atoms with Gasteiger partial charge in [0, 0.05) is 24.3 Å². The number of ether oxygens (including phenoxy) is 1. The Morgan fingerprint density at radius 1 is 1.12 bits per heavy atom. The van der Waals surface area contributed by atoms with Crippen molar-refractivity contribution in [2.75, 3.05) is 17.7 Å². The van der Waals surface area contributed by atoms with Crippen LogP contribution in [-0.2, 0) is 16.1 Å². The lowest BCUT2D eigenvalue weighted by Crippen LogP contribution is -2.21. The second-order valence-electron chi connectivity index (χ2n) is 5.47. The molecule has 0 spiro atoms. The number of aromatic nitrogens is 2. The van der Waals surface area contributed by atoms with Crippen molar-refractivity contribution in [3.63, 3.8) is 0 Å². The fourth-order valence-electron chi connectivity index (χ4n) is 2.26. The molecule has 1 heterocycles. The molecule has 0 atom stereocenters. The van der Waals surface area contributed by atoms with Crippen LogP contribution in [0.3, 0.4) is 0 Å². The Balaban J connectivity index is 1.96. The molecule has 2 rings (SSSR count). The molecular formula is C17H22N4O3S. The maximum atomic E-state index is 12.2. The van der Waals surface area contributed by atoms with Crippen molar-refractivity contribution >= 4 is 34.0 Å². The van der Waals surface area contributed by atoms with Crippen LogP contribution in [0.25, 0.3) is 0 Å². The third-order valence-electron chi connectivity index (χ3n) is 3.73. The van der Waals surface area contributed by atoms with Crippen LogP contribution in [0.2, 0.25) is 0 Å². The highest BCUT2D eigenvalue weighted by molar-refractivity contribution is 7.15. The number of benzene rings is 1. The molecule has 0 saturated heterocycles. The van der Waals surface area contributed by atoms with Crippen molar-refractivity contribution in [2.45, 2.75) is 33.3 Å². The molecule has 8 heteroatoms. The topological polar surface area (TPSA) is 93.2 Å². The maximum Gasteiger partial charge on any atom is 0.257 e. The van der Waals surface area contributed by atoms with Gasteiger partial charge >= 0.3 is 0 Å². The van der Waals surface area contributed by atoms with E-state index in [4.69, 9.17) is 4.74 Å². The van der Waals surface area contributed by atoms with Crippen molar-refractivity contribution in [1.29, 1.82) is 0 Å². The molecule has 25 heavy (non-hydrogen) atoms. The van der Waals surface area contributed by atoms with E-state index in [1.54, 1.807) is 31.4 Å². The molecule has 7 nitrogen and oxygen atoms in total. The van der Waals surface area contributed by atoms with Crippen molar-refractivity contribution in [2.24, 2.45) is 5.92 Å². The van der Waals surface area contributed by atoms with Crippen molar-refractivity contribution < 1.29 is 14.3 Å². The van der Waals surface area contributed by atoms with Crippen LogP contribution in [0, 0.1) is 5.92 Å². The van der Waals surface area contributed by atoms with Crippen LogP contribution < -0.4 is 10.6 Å². The molecule has 134 valence electrons. The molecule has 2 aromatic rings. The van der Waals surface area contributed by atoms with E-state index >= 15 is 0 Å². The zero-order chi connectivity index (χ0) is 18.2. The van der Waals surface area contributed by atoms with Crippen molar-refractivity contribution in [3.05, 3.63) is 34.8 Å². The molecular weight excluding hydrogens is 340 g/mol. The number of carbonyl (C=O) groups is 2. The molecule has 1 aromatic heterocycles. The minimum Gasteiger partial charge on any atom is -0.377 e. The van der Waals surface area contributed by atoms with Crippen LogP contribution in [-0.4, -0.2) is 29.1 Å². The van der Waals surface area contributed by atoms with E-state index in [2.05, 4.69) is 20.8 Å². The van der Waals surface area contributed by atoms with Crippen LogP contribution in [0.15, 0.2) is 24.3 Å². The third kappa shape index (κ3) is 5.33. The summed E-state index contributed by atoms with van der Waals surface area (Å²) >= 11 is 1.26. The number of nitrogens with zero attached hydrogens (tertiary/aromatic N) is 2. The summed E-state index contributed by atoms with van der Waals surface area (Å²) in [5.41, 5.74) is 1.15. The lowest BCUT2D eigenvalue weighted by molar-refractivity contribution is -0.120. The monoisotopic (exact) mass is 362 g/mol. The lowest BCUT2D eigenvalue weighted by Gasteiger charge is -2.12. The van der Waals surface area contributed by atoms with E-state index < -0.39 is 0 Å². The first-order valence-corrected chi connectivity index (χ1v) is 8.92.